The number of thiophene rings is 1. The molecular formula is C21H24N2O3S. The molecule has 27 heavy (non-hydrogen) atoms. The average molecular weight is 385 g/mol. The summed E-state index contributed by atoms with van der Waals surface area (Å²) in [5.74, 6) is 0.784. The van der Waals surface area contributed by atoms with Crippen molar-refractivity contribution in [2.75, 3.05) is 13.2 Å². The molecule has 3 heterocycles. The van der Waals surface area contributed by atoms with Gasteiger partial charge in [-0.25, -0.2) is 0 Å². The number of fused-ring (bicyclic) bond motifs is 1. The van der Waals surface area contributed by atoms with Gasteiger partial charge >= 0.3 is 0 Å². The lowest BCUT2D eigenvalue weighted by molar-refractivity contribution is -0.125. The minimum Gasteiger partial charge on any atom is -0.493 e. The number of rotatable bonds is 3. The number of nitrogens with zero attached hydrogens (tertiary/aromatic N) is 1. The van der Waals surface area contributed by atoms with E-state index in [0.29, 0.717) is 24.4 Å². The Morgan fingerprint density at radius 2 is 2.11 bits per heavy atom. The van der Waals surface area contributed by atoms with E-state index >= 15 is 0 Å². The predicted octanol–water partition coefficient (Wildman–Crippen LogP) is 3.61. The van der Waals surface area contributed by atoms with Crippen LogP contribution in [0.3, 0.4) is 0 Å². The molecule has 2 amide bonds. The molecule has 142 valence electrons. The summed E-state index contributed by atoms with van der Waals surface area (Å²) in [5.41, 5.74) is 3.30. The number of carbonyl (C=O) groups excluding carboxylic acids is 2. The molecular weight excluding hydrogens is 360 g/mol. The van der Waals surface area contributed by atoms with Crippen molar-refractivity contribution in [3.05, 3.63) is 51.2 Å². The number of aryl methyl sites for hydroxylation is 2. The Balaban J connectivity index is 1.52. The summed E-state index contributed by atoms with van der Waals surface area (Å²) in [4.78, 5) is 28.2. The summed E-state index contributed by atoms with van der Waals surface area (Å²) in [7, 11) is 0. The highest BCUT2D eigenvalue weighted by Crippen LogP contribution is 2.36. The molecule has 0 saturated carbocycles. The highest BCUT2D eigenvalue weighted by Gasteiger charge is 2.36. The highest BCUT2D eigenvalue weighted by molar-refractivity contribution is 7.12. The first-order chi connectivity index (χ1) is 13.0. The van der Waals surface area contributed by atoms with Crippen LogP contribution in [-0.2, 0) is 4.79 Å². The number of hydrogen-bond donors (Lipinski definition) is 1. The predicted molar refractivity (Wildman–Crippen MR) is 105 cm³/mol. The maximum atomic E-state index is 13.0. The van der Waals surface area contributed by atoms with E-state index in [2.05, 4.69) is 24.4 Å². The van der Waals surface area contributed by atoms with Crippen molar-refractivity contribution >= 4 is 23.2 Å². The summed E-state index contributed by atoms with van der Waals surface area (Å²) in [6.07, 6.45) is 2.32. The minimum atomic E-state index is -0.392. The van der Waals surface area contributed by atoms with Crippen LogP contribution in [0.25, 0.3) is 0 Å². The molecule has 2 aliphatic heterocycles. The fraction of sp³-hybridized carbons (Fsp3) is 0.429. The molecule has 2 aliphatic rings. The maximum absolute atomic E-state index is 13.0. The van der Waals surface area contributed by atoms with Crippen molar-refractivity contribution in [2.24, 2.45) is 0 Å². The van der Waals surface area contributed by atoms with Crippen molar-refractivity contribution in [3.8, 4) is 5.75 Å². The van der Waals surface area contributed by atoms with Gasteiger partial charge in [-0.2, -0.15) is 0 Å². The van der Waals surface area contributed by atoms with Gasteiger partial charge in [0.1, 0.15) is 11.8 Å². The molecule has 1 unspecified atom stereocenters. The molecule has 1 fully saturated rings. The molecule has 5 nitrogen and oxygen atoms in total. The topological polar surface area (TPSA) is 58.6 Å². The van der Waals surface area contributed by atoms with Crippen LogP contribution in [-0.4, -0.2) is 35.9 Å². The van der Waals surface area contributed by atoms with Crippen molar-refractivity contribution in [1.29, 1.82) is 0 Å². The molecule has 0 radical (unpaired) electrons. The summed E-state index contributed by atoms with van der Waals surface area (Å²) in [5, 5.41) is 5.08. The van der Waals surface area contributed by atoms with Gasteiger partial charge in [0.05, 0.1) is 17.5 Å². The van der Waals surface area contributed by atoms with Crippen LogP contribution < -0.4 is 10.1 Å². The second kappa shape index (κ2) is 7.35. The van der Waals surface area contributed by atoms with Crippen LogP contribution in [0.15, 0.2) is 29.6 Å². The van der Waals surface area contributed by atoms with Crippen LogP contribution in [0.4, 0.5) is 0 Å². The molecule has 2 atom stereocenters. The zero-order valence-electron chi connectivity index (χ0n) is 15.7. The zero-order valence-corrected chi connectivity index (χ0v) is 16.5. The Bertz CT molecular complexity index is 863. The van der Waals surface area contributed by atoms with E-state index in [-0.39, 0.29) is 17.9 Å². The van der Waals surface area contributed by atoms with Crippen molar-refractivity contribution in [1.82, 2.24) is 10.2 Å². The first-order valence-electron chi connectivity index (χ1n) is 9.43. The number of ether oxygens (including phenoxy) is 1. The van der Waals surface area contributed by atoms with E-state index in [9.17, 15) is 9.59 Å². The van der Waals surface area contributed by atoms with E-state index in [0.717, 1.165) is 35.3 Å². The molecule has 6 heteroatoms. The normalized spacial score (nSPS) is 21.5. The quantitative estimate of drug-likeness (QED) is 0.879. The third-order valence-corrected chi connectivity index (χ3v) is 6.20. The first kappa shape index (κ1) is 18.0. The molecule has 0 aliphatic carbocycles. The van der Waals surface area contributed by atoms with Gasteiger partial charge in [-0.15, -0.1) is 11.3 Å². The smallest absolute Gasteiger partial charge is 0.264 e. The van der Waals surface area contributed by atoms with E-state index in [4.69, 9.17) is 4.74 Å². The first-order valence-corrected chi connectivity index (χ1v) is 10.3. The number of carbonyl (C=O) groups is 2. The molecule has 1 N–H and O–H groups in total. The number of amides is 2. The van der Waals surface area contributed by atoms with Gasteiger partial charge in [0, 0.05) is 18.5 Å². The van der Waals surface area contributed by atoms with Crippen molar-refractivity contribution < 1.29 is 14.3 Å². The summed E-state index contributed by atoms with van der Waals surface area (Å²) >= 11 is 1.42. The monoisotopic (exact) mass is 384 g/mol. The van der Waals surface area contributed by atoms with Gasteiger partial charge in [-0.1, -0.05) is 23.8 Å². The van der Waals surface area contributed by atoms with E-state index in [1.54, 1.807) is 4.90 Å². The summed E-state index contributed by atoms with van der Waals surface area (Å²) in [6, 6.07) is 7.42. The Labute approximate surface area is 163 Å². The molecule has 2 aromatic rings. The number of likely N-dealkylation sites (tertiary alicyclic amines) is 1. The van der Waals surface area contributed by atoms with E-state index in [1.807, 2.05) is 24.4 Å². The molecule has 0 spiro atoms. The Morgan fingerprint density at radius 1 is 1.26 bits per heavy atom. The van der Waals surface area contributed by atoms with Crippen LogP contribution in [0, 0.1) is 13.8 Å². The van der Waals surface area contributed by atoms with Gasteiger partial charge in [0.2, 0.25) is 5.91 Å². The zero-order chi connectivity index (χ0) is 19.0. The highest BCUT2D eigenvalue weighted by atomic mass is 32.1. The van der Waals surface area contributed by atoms with Gasteiger partial charge in [0.15, 0.2) is 0 Å². The van der Waals surface area contributed by atoms with Crippen molar-refractivity contribution in [3.63, 3.8) is 0 Å². The summed E-state index contributed by atoms with van der Waals surface area (Å²) < 4.78 is 5.84. The molecule has 1 saturated heterocycles. The standard InChI is InChI=1S/C21H24N2O3S/c1-13-11-14(2)19-15(12-13)16(7-9-26-19)22-20(24)17-5-3-8-23(17)21(25)18-6-4-10-27-18/h4,6,10-12,16-17H,3,5,7-9H2,1-2H3,(H,22,24)/t16?,17-/m0/s1. The van der Waals surface area contributed by atoms with Gasteiger partial charge in [0.25, 0.3) is 5.91 Å². The van der Waals surface area contributed by atoms with Crippen LogP contribution in [0.2, 0.25) is 0 Å². The lowest BCUT2D eigenvalue weighted by atomic mass is 9.95. The van der Waals surface area contributed by atoms with E-state index in [1.165, 1.54) is 11.3 Å². The van der Waals surface area contributed by atoms with Crippen molar-refractivity contribution in [2.45, 2.75) is 45.2 Å². The SMILES string of the molecule is Cc1cc(C)c2c(c1)C(NC(=O)[C@@H]1CCCN1C(=O)c1cccs1)CCO2. The van der Waals surface area contributed by atoms with Crippen LogP contribution in [0.1, 0.15) is 51.7 Å². The van der Waals surface area contributed by atoms with Gasteiger partial charge < -0.3 is 15.0 Å². The Kier molecular flexibility index (Phi) is 4.91. The van der Waals surface area contributed by atoms with Gasteiger partial charge in [-0.05, 0) is 43.7 Å². The van der Waals surface area contributed by atoms with Gasteiger partial charge in [-0.3, -0.25) is 9.59 Å². The number of hydrogen-bond acceptors (Lipinski definition) is 4. The van der Waals surface area contributed by atoms with E-state index < -0.39 is 6.04 Å². The number of nitrogens with one attached hydrogen (secondary N) is 1. The molecule has 1 aromatic carbocycles. The largest absolute Gasteiger partial charge is 0.493 e. The molecule has 0 bridgehead atoms. The fourth-order valence-corrected chi connectivity index (χ4v) is 4.80. The molecule has 4 rings (SSSR count). The minimum absolute atomic E-state index is 0.0401. The maximum Gasteiger partial charge on any atom is 0.264 e. The third-order valence-electron chi connectivity index (χ3n) is 5.34. The second-order valence-electron chi connectivity index (χ2n) is 7.33. The third kappa shape index (κ3) is 3.46. The van der Waals surface area contributed by atoms with Crippen LogP contribution in [0.5, 0.6) is 5.75 Å². The lowest BCUT2D eigenvalue weighted by Gasteiger charge is -2.31. The summed E-state index contributed by atoms with van der Waals surface area (Å²) in [6.45, 7) is 5.31. The number of benzene rings is 1. The Hall–Kier alpha value is -2.34. The average Bonchev–Trinajstić information content (AvgIpc) is 3.34. The second-order valence-corrected chi connectivity index (χ2v) is 8.28. The molecule has 1 aromatic heterocycles. The fourth-order valence-electron chi connectivity index (χ4n) is 4.12. The Morgan fingerprint density at radius 3 is 2.89 bits per heavy atom. The van der Waals surface area contributed by atoms with Crippen LogP contribution >= 0.6 is 11.3 Å². The lowest BCUT2D eigenvalue weighted by Crippen LogP contribution is -2.47.